The van der Waals surface area contributed by atoms with Crippen LogP contribution < -0.4 is 5.32 Å². The minimum atomic E-state index is -0.757. The summed E-state index contributed by atoms with van der Waals surface area (Å²) >= 11 is 0. The van der Waals surface area contributed by atoms with E-state index < -0.39 is 5.97 Å². The van der Waals surface area contributed by atoms with E-state index in [0.29, 0.717) is 18.7 Å². The van der Waals surface area contributed by atoms with E-state index in [9.17, 15) is 9.59 Å². The van der Waals surface area contributed by atoms with Crippen LogP contribution in [0, 0.1) is 6.92 Å². The highest BCUT2D eigenvalue weighted by atomic mass is 16.4. The van der Waals surface area contributed by atoms with E-state index in [1.54, 1.807) is 4.68 Å². The third kappa shape index (κ3) is 6.02. The highest BCUT2D eigenvalue weighted by Gasteiger charge is 2.13. The van der Waals surface area contributed by atoms with Gasteiger partial charge < -0.3 is 10.4 Å². The lowest BCUT2D eigenvalue weighted by atomic mass is 10.1. The third-order valence-corrected chi connectivity index (χ3v) is 3.96. The molecule has 0 spiro atoms. The molecule has 25 heavy (non-hydrogen) atoms. The molecular formula is C18H24N4O3. The van der Waals surface area contributed by atoms with Gasteiger partial charge in [-0.25, -0.2) is 4.68 Å². The van der Waals surface area contributed by atoms with Crippen LogP contribution in [0.15, 0.2) is 30.3 Å². The fourth-order valence-electron chi connectivity index (χ4n) is 2.54. The number of carbonyl (C=O) groups excluding carboxylic acids is 1. The molecule has 1 heterocycles. The molecule has 1 aromatic carbocycles. The second-order valence-corrected chi connectivity index (χ2v) is 5.95. The maximum absolute atomic E-state index is 12.0. The Morgan fingerprint density at radius 2 is 1.84 bits per heavy atom. The molecule has 0 radical (unpaired) electrons. The van der Waals surface area contributed by atoms with Crippen molar-refractivity contribution in [2.24, 2.45) is 0 Å². The predicted molar refractivity (Wildman–Crippen MR) is 93.5 cm³/mol. The average Bonchev–Trinajstić information content (AvgIpc) is 2.95. The van der Waals surface area contributed by atoms with Crippen LogP contribution >= 0.6 is 0 Å². The maximum Gasteiger partial charge on any atom is 0.303 e. The molecule has 1 aromatic heterocycles. The molecule has 0 saturated carbocycles. The van der Waals surface area contributed by atoms with Crippen molar-refractivity contribution in [1.29, 1.82) is 0 Å². The molecule has 2 N–H and O–H groups in total. The summed E-state index contributed by atoms with van der Waals surface area (Å²) in [4.78, 5) is 22.4. The van der Waals surface area contributed by atoms with E-state index in [4.69, 9.17) is 5.11 Å². The van der Waals surface area contributed by atoms with Gasteiger partial charge in [-0.1, -0.05) is 36.3 Å². The summed E-state index contributed by atoms with van der Waals surface area (Å²) in [7, 11) is 0. The number of carboxylic acids is 1. The maximum atomic E-state index is 12.0. The van der Waals surface area contributed by atoms with E-state index in [1.165, 1.54) is 0 Å². The van der Waals surface area contributed by atoms with Gasteiger partial charge >= 0.3 is 5.97 Å². The number of benzene rings is 1. The van der Waals surface area contributed by atoms with Gasteiger partial charge in [0.1, 0.15) is 0 Å². The van der Waals surface area contributed by atoms with Crippen molar-refractivity contribution in [3.8, 4) is 5.69 Å². The fraction of sp³-hybridized carbons (Fsp3) is 0.444. The van der Waals surface area contributed by atoms with Gasteiger partial charge in [0.25, 0.3) is 0 Å². The van der Waals surface area contributed by atoms with Gasteiger partial charge in [0.2, 0.25) is 5.91 Å². The van der Waals surface area contributed by atoms with E-state index in [2.05, 4.69) is 15.6 Å². The van der Waals surface area contributed by atoms with E-state index >= 15 is 0 Å². The van der Waals surface area contributed by atoms with Gasteiger partial charge in [-0.05, 0) is 31.9 Å². The Kier molecular flexibility index (Phi) is 7.13. The normalized spacial score (nSPS) is 10.6. The molecule has 0 aliphatic heterocycles. The van der Waals surface area contributed by atoms with Crippen molar-refractivity contribution in [3.63, 3.8) is 0 Å². The van der Waals surface area contributed by atoms with E-state index in [1.807, 2.05) is 37.3 Å². The quantitative estimate of drug-likeness (QED) is 0.644. The van der Waals surface area contributed by atoms with Crippen LogP contribution in [0.25, 0.3) is 5.69 Å². The number of carbonyl (C=O) groups is 2. The molecule has 134 valence electrons. The van der Waals surface area contributed by atoms with Crippen LogP contribution in [0.1, 0.15) is 43.5 Å². The number of nitrogens with one attached hydrogen (secondary N) is 1. The second kappa shape index (κ2) is 9.56. The molecule has 7 heteroatoms. The summed E-state index contributed by atoms with van der Waals surface area (Å²) in [6.45, 7) is 2.50. The molecule has 0 bridgehead atoms. The number of aromatic nitrogens is 3. The average molecular weight is 344 g/mol. The van der Waals surface area contributed by atoms with Gasteiger partial charge in [-0.2, -0.15) is 0 Å². The molecule has 0 fully saturated rings. The summed E-state index contributed by atoms with van der Waals surface area (Å²) in [5.74, 6) is -0.832. The van der Waals surface area contributed by atoms with Gasteiger partial charge in [-0.3, -0.25) is 9.59 Å². The fourth-order valence-corrected chi connectivity index (χ4v) is 2.54. The number of hydrogen-bond acceptors (Lipinski definition) is 4. The minimum absolute atomic E-state index is 0.0752. The molecule has 2 aromatic rings. The Morgan fingerprint density at radius 1 is 1.12 bits per heavy atom. The first-order valence-corrected chi connectivity index (χ1v) is 8.53. The van der Waals surface area contributed by atoms with Crippen LogP contribution in [0.3, 0.4) is 0 Å². The molecule has 2 rings (SSSR count). The first kappa shape index (κ1) is 18.6. The Hall–Kier alpha value is -2.70. The first-order valence-electron chi connectivity index (χ1n) is 8.53. The van der Waals surface area contributed by atoms with Crippen LogP contribution in [0.4, 0.5) is 0 Å². The number of nitrogens with zero attached hydrogens (tertiary/aromatic N) is 3. The van der Waals surface area contributed by atoms with Gasteiger partial charge in [0, 0.05) is 13.0 Å². The lowest BCUT2D eigenvalue weighted by molar-refractivity contribution is -0.137. The van der Waals surface area contributed by atoms with Crippen LogP contribution in [0.2, 0.25) is 0 Å². The standard InChI is InChI=1S/C18H24N4O3/c1-14-16(20-21-22(14)15-9-5-4-6-10-15)13-17(23)19-12-8-3-2-7-11-18(24)25/h4-6,9-10H,2-3,7-8,11-13H2,1H3,(H,19,23)(H,24,25). The number of amides is 1. The minimum Gasteiger partial charge on any atom is -0.481 e. The Bertz CT molecular complexity index is 698. The summed E-state index contributed by atoms with van der Waals surface area (Å²) in [5.41, 5.74) is 2.44. The zero-order valence-corrected chi connectivity index (χ0v) is 14.4. The zero-order chi connectivity index (χ0) is 18.1. The predicted octanol–water partition coefficient (Wildman–Crippen LogP) is 2.27. The third-order valence-electron chi connectivity index (χ3n) is 3.96. The number of aliphatic carboxylic acids is 1. The van der Waals surface area contributed by atoms with Crippen molar-refractivity contribution < 1.29 is 14.7 Å². The number of unbranched alkanes of at least 4 members (excludes halogenated alkanes) is 3. The van der Waals surface area contributed by atoms with Crippen molar-refractivity contribution in [2.75, 3.05) is 6.54 Å². The lowest BCUT2D eigenvalue weighted by Crippen LogP contribution is -2.26. The van der Waals surface area contributed by atoms with E-state index in [0.717, 1.165) is 30.6 Å². The highest BCUT2D eigenvalue weighted by molar-refractivity contribution is 5.78. The van der Waals surface area contributed by atoms with Crippen molar-refractivity contribution in [3.05, 3.63) is 41.7 Å². The van der Waals surface area contributed by atoms with Crippen molar-refractivity contribution >= 4 is 11.9 Å². The van der Waals surface area contributed by atoms with Crippen molar-refractivity contribution in [2.45, 2.75) is 45.4 Å². The SMILES string of the molecule is Cc1c(CC(=O)NCCCCCCC(=O)O)nnn1-c1ccccc1. The molecule has 0 aliphatic rings. The van der Waals surface area contributed by atoms with Crippen LogP contribution in [-0.2, 0) is 16.0 Å². The summed E-state index contributed by atoms with van der Waals surface area (Å²) < 4.78 is 1.73. The Morgan fingerprint density at radius 3 is 2.56 bits per heavy atom. The number of hydrogen-bond donors (Lipinski definition) is 2. The summed E-state index contributed by atoms with van der Waals surface area (Å²) in [5, 5.41) is 19.7. The molecule has 0 unspecified atom stereocenters. The zero-order valence-electron chi connectivity index (χ0n) is 14.4. The molecule has 0 atom stereocenters. The number of para-hydroxylation sites is 1. The number of carboxylic acid groups (broad SMARTS) is 1. The second-order valence-electron chi connectivity index (χ2n) is 5.95. The molecule has 0 saturated heterocycles. The topological polar surface area (TPSA) is 97.1 Å². The van der Waals surface area contributed by atoms with Crippen LogP contribution in [-0.4, -0.2) is 38.5 Å². The lowest BCUT2D eigenvalue weighted by Gasteiger charge is -2.05. The highest BCUT2D eigenvalue weighted by Crippen LogP contribution is 2.12. The smallest absolute Gasteiger partial charge is 0.303 e. The summed E-state index contributed by atoms with van der Waals surface area (Å²) in [6.07, 6.45) is 3.73. The molecular weight excluding hydrogens is 320 g/mol. The van der Waals surface area contributed by atoms with Gasteiger partial charge in [-0.15, -0.1) is 5.10 Å². The molecule has 1 amide bonds. The Balaban J connectivity index is 1.72. The van der Waals surface area contributed by atoms with E-state index in [-0.39, 0.29) is 18.7 Å². The largest absolute Gasteiger partial charge is 0.481 e. The van der Waals surface area contributed by atoms with Crippen LogP contribution in [0.5, 0.6) is 0 Å². The Labute approximate surface area is 147 Å². The molecule has 7 nitrogen and oxygen atoms in total. The van der Waals surface area contributed by atoms with Gasteiger partial charge in [0.15, 0.2) is 0 Å². The number of rotatable bonds is 10. The molecule has 0 aliphatic carbocycles. The van der Waals surface area contributed by atoms with Crippen molar-refractivity contribution in [1.82, 2.24) is 20.3 Å². The van der Waals surface area contributed by atoms with Gasteiger partial charge in [0.05, 0.1) is 23.5 Å². The monoisotopic (exact) mass is 344 g/mol. The first-order chi connectivity index (χ1) is 12.1. The summed E-state index contributed by atoms with van der Waals surface area (Å²) in [6, 6.07) is 9.68.